The predicted molar refractivity (Wildman–Crippen MR) is 199 cm³/mol. The standard InChI is InChI=1S/C41H70O15/c1-35(2,56-51)12-9-13-40(8,55-33-30(29(48)28(47)24(18-42)53-33)54-34-32(49)41(50,19-43)20-52-34)21-10-15-38(6)27(21)22(44)16-25-37(5)14-11-26(46)36(3,4)31(37)23(45)17-39(25,38)7/h9,12,21-34,42-51H,10-11,13-20H2,1-8H3. The first-order valence-electron chi connectivity index (χ1n) is 20.5. The van der Waals surface area contributed by atoms with Crippen LogP contribution in [0, 0.1) is 45.3 Å². The Morgan fingerprint density at radius 3 is 2.14 bits per heavy atom. The zero-order chi connectivity index (χ0) is 41.6. The van der Waals surface area contributed by atoms with E-state index in [9.17, 15) is 51.2 Å². The lowest BCUT2D eigenvalue weighted by Gasteiger charge is -2.71. The minimum absolute atomic E-state index is 0.0524. The molecular formula is C41H70O15. The van der Waals surface area contributed by atoms with Crippen molar-refractivity contribution >= 4 is 0 Å². The van der Waals surface area contributed by atoms with Crippen molar-refractivity contribution in [1.29, 1.82) is 0 Å². The van der Waals surface area contributed by atoms with Crippen LogP contribution < -0.4 is 0 Å². The summed E-state index contributed by atoms with van der Waals surface area (Å²) in [5.74, 6) is -0.805. The quantitative estimate of drug-likeness (QED) is 0.0802. The Balaban J connectivity index is 1.37. The van der Waals surface area contributed by atoms with Gasteiger partial charge in [0.15, 0.2) is 12.6 Å². The highest BCUT2D eigenvalue weighted by atomic mass is 17.1. The van der Waals surface area contributed by atoms with Crippen LogP contribution >= 0.6 is 0 Å². The fourth-order valence-electron chi connectivity index (χ4n) is 13.1. The van der Waals surface area contributed by atoms with Crippen LogP contribution in [0.15, 0.2) is 12.2 Å². The van der Waals surface area contributed by atoms with Crippen molar-refractivity contribution in [3.8, 4) is 0 Å². The van der Waals surface area contributed by atoms with Crippen LogP contribution in [-0.4, -0.2) is 149 Å². The van der Waals surface area contributed by atoms with Gasteiger partial charge in [-0.15, -0.1) is 0 Å². The highest BCUT2D eigenvalue weighted by Crippen LogP contribution is 2.76. The van der Waals surface area contributed by atoms with Gasteiger partial charge < -0.3 is 64.9 Å². The van der Waals surface area contributed by atoms with E-state index in [-0.39, 0.29) is 35.5 Å². The molecule has 0 amide bonds. The summed E-state index contributed by atoms with van der Waals surface area (Å²) in [6.45, 7) is 14.1. The molecule has 2 saturated heterocycles. The second-order valence-electron chi connectivity index (χ2n) is 20.4. The lowest BCUT2D eigenvalue weighted by atomic mass is 9.34. The normalized spacial score (nSPS) is 51.7. The Labute approximate surface area is 330 Å². The molecule has 15 heteroatoms. The molecule has 0 spiro atoms. The summed E-state index contributed by atoms with van der Waals surface area (Å²) in [4.78, 5) is 4.67. The molecule has 0 aromatic rings. The molecule has 19 atom stereocenters. The van der Waals surface area contributed by atoms with Crippen molar-refractivity contribution in [2.24, 2.45) is 45.3 Å². The first-order chi connectivity index (χ1) is 25.9. The molecule has 56 heavy (non-hydrogen) atoms. The maximum absolute atomic E-state index is 12.5. The van der Waals surface area contributed by atoms with Crippen molar-refractivity contribution in [3.63, 3.8) is 0 Å². The van der Waals surface area contributed by atoms with Gasteiger partial charge in [0.1, 0.15) is 41.7 Å². The molecule has 15 nitrogen and oxygen atoms in total. The molecule has 0 aromatic heterocycles. The molecule has 2 heterocycles. The summed E-state index contributed by atoms with van der Waals surface area (Å²) in [5.41, 5.74) is -6.06. The molecular weight excluding hydrogens is 732 g/mol. The van der Waals surface area contributed by atoms with Crippen molar-refractivity contribution < 1.29 is 75.1 Å². The summed E-state index contributed by atoms with van der Waals surface area (Å²) in [6, 6.07) is 0. The zero-order valence-electron chi connectivity index (χ0n) is 34.3. The van der Waals surface area contributed by atoms with Crippen molar-refractivity contribution in [2.75, 3.05) is 19.8 Å². The summed E-state index contributed by atoms with van der Waals surface area (Å²) in [5, 5.41) is 109. The number of aliphatic hydroxyl groups excluding tert-OH is 8. The third-order valence-electron chi connectivity index (χ3n) is 16.4. The van der Waals surface area contributed by atoms with E-state index >= 15 is 0 Å². The first kappa shape index (κ1) is 44.7. The van der Waals surface area contributed by atoms with E-state index < -0.39 is 114 Å². The van der Waals surface area contributed by atoms with Gasteiger partial charge in [0.25, 0.3) is 0 Å². The van der Waals surface area contributed by atoms with Gasteiger partial charge in [0.05, 0.1) is 43.7 Å². The second kappa shape index (κ2) is 15.2. The zero-order valence-corrected chi connectivity index (χ0v) is 34.3. The van der Waals surface area contributed by atoms with Gasteiger partial charge in [-0.3, -0.25) is 5.26 Å². The SMILES string of the molecule is CC(C)(C=CCC(C)(OC1OC(CO)C(O)C(O)C1OC1OCC(O)(CO)C1O)C1CCC2(C)C1C(O)CC1C3(C)CCC(O)C(C)(C)C3C(O)CC12C)OO. The summed E-state index contributed by atoms with van der Waals surface area (Å²) in [7, 11) is 0. The van der Waals surface area contributed by atoms with E-state index in [1.165, 1.54) is 0 Å². The van der Waals surface area contributed by atoms with E-state index in [1.807, 2.05) is 20.8 Å². The molecule has 4 saturated carbocycles. The average Bonchev–Trinajstić information content (AvgIpc) is 3.65. The van der Waals surface area contributed by atoms with E-state index in [1.54, 1.807) is 26.0 Å². The molecule has 0 aromatic carbocycles. The Bertz CT molecular complexity index is 1430. The Morgan fingerprint density at radius 2 is 1.54 bits per heavy atom. The van der Waals surface area contributed by atoms with Crippen LogP contribution in [0.4, 0.5) is 0 Å². The minimum Gasteiger partial charge on any atom is -0.394 e. The summed E-state index contributed by atoms with van der Waals surface area (Å²) < 4.78 is 24.6. The third-order valence-corrected chi connectivity index (χ3v) is 16.4. The Hall–Kier alpha value is -0.860. The van der Waals surface area contributed by atoms with Crippen molar-refractivity contribution in [1.82, 2.24) is 0 Å². The van der Waals surface area contributed by atoms with E-state index in [4.69, 9.17) is 18.9 Å². The van der Waals surface area contributed by atoms with Gasteiger partial charge in [0, 0.05) is 0 Å². The number of rotatable bonds is 11. The van der Waals surface area contributed by atoms with Gasteiger partial charge in [-0.1, -0.05) is 46.8 Å². The maximum atomic E-state index is 12.5. The smallest absolute Gasteiger partial charge is 0.187 e. The number of aliphatic hydroxyl groups is 9. The third kappa shape index (κ3) is 6.95. The Morgan fingerprint density at radius 1 is 0.857 bits per heavy atom. The largest absolute Gasteiger partial charge is 0.394 e. The van der Waals surface area contributed by atoms with Crippen LogP contribution in [0.1, 0.15) is 100 Å². The van der Waals surface area contributed by atoms with Crippen molar-refractivity contribution in [3.05, 3.63) is 12.2 Å². The summed E-state index contributed by atoms with van der Waals surface area (Å²) in [6.07, 6.45) is -5.55. The number of fused-ring (bicyclic) bond motifs is 5. The van der Waals surface area contributed by atoms with Crippen LogP contribution in [0.2, 0.25) is 0 Å². The fourth-order valence-corrected chi connectivity index (χ4v) is 13.1. The number of ether oxygens (including phenoxy) is 4. The lowest BCUT2D eigenvalue weighted by Crippen LogP contribution is -2.70. The van der Waals surface area contributed by atoms with Gasteiger partial charge in [-0.05, 0) is 111 Å². The average molecular weight is 803 g/mol. The molecule has 0 bridgehead atoms. The molecule has 10 N–H and O–H groups in total. The second-order valence-corrected chi connectivity index (χ2v) is 20.4. The molecule has 324 valence electrons. The van der Waals surface area contributed by atoms with Gasteiger partial charge in [-0.25, -0.2) is 4.89 Å². The maximum Gasteiger partial charge on any atom is 0.187 e. The number of hydrogen-bond acceptors (Lipinski definition) is 15. The lowest BCUT2D eigenvalue weighted by molar-refractivity contribution is -0.360. The minimum atomic E-state index is -2.04. The highest BCUT2D eigenvalue weighted by molar-refractivity contribution is 5.22. The molecule has 6 aliphatic rings. The molecule has 0 radical (unpaired) electrons. The van der Waals surface area contributed by atoms with Crippen LogP contribution in [0.5, 0.6) is 0 Å². The molecule has 6 rings (SSSR count). The van der Waals surface area contributed by atoms with Gasteiger partial charge in [-0.2, -0.15) is 0 Å². The van der Waals surface area contributed by atoms with Crippen molar-refractivity contribution in [2.45, 2.75) is 179 Å². The van der Waals surface area contributed by atoms with Crippen LogP contribution in [0.25, 0.3) is 0 Å². The van der Waals surface area contributed by atoms with E-state index in [0.717, 1.165) is 6.42 Å². The summed E-state index contributed by atoms with van der Waals surface area (Å²) >= 11 is 0. The first-order valence-corrected chi connectivity index (χ1v) is 20.5. The van der Waals surface area contributed by atoms with E-state index in [0.29, 0.717) is 32.1 Å². The van der Waals surface area contributed by atoms with Gasteiger partial charge >= 0.3 is 0 Å². The highest BCUT2D eigenvalue weighted by Gasteiger charge is 2.73. The molecule has 2 aliphatic heterocycles. The van der Waals surface area contributed by atoms with Gasteiger partial charge in [0.2, 0.25) is 0 Å². The fraction of sp³-hybridized carbons (Fsp3) is 0.951. The molecule has 6 fully saturated rings. The Kier molecular flexibility index (Phi) is 12.2. The van der Waals surface area contributed by atoms with E-state index in [2.05, 4.69) is 25.7 Å². The molecule has 19 unspecified atom stereocenters. The van der Waals surface area contributed by atoms with Crippen LogP contribution in [-0.2, 0) is 23.8 Å². The predicted octanol–water partition coefficient (Wildman–Crippen LogP) is 1.23. The monoisotopic (exact) mass is 802 g/mol. The number of hydrogen-bond donors (Lipinski definition) is 10. The van der Waals surface area contributed by atoms with Crippen LogP contribution in [0.3, 0.4) is 0 Å². The topological polar surface area (TPSA) is 248 Å². The molecule has 4 aliphatic carbocycles.